The molecule has 0 aliphatic carbocycles. The van der Waals surface area contributed by atoms with Crippen molar-refractivity contribution in [1.82, 2.24) is 14.4 Å². The van der Waals surface area contributed by atoms with Crippen LogP contribution in [0.3, 0.4) is 0 Å². The number of halogens is 5. The van der Waals surface area contributed by atoms with E-state index < -0.39 is 12.6 Å². The Labute approximate surface area is 160 Å². The number of carbonyl (C=O) groups is 1. The van der Waals surface area contributed by atoms with Crippen LogP contribution >= 0.6 is 24.0 Å². The van der Waals surface area contributed by atoms with Crippen LogP contribution in [0.2, 0.25) is 5.02 Å². The molecule has 26 heavy (non-hydrogen) atoms. The second-order valence-corrected chi connectivity index (χ2v) is 6.67. The van der Waals surface area contributed by atoms with Crippen molar-refractivity contribution in [3.8, 4) is 0 Å². The topological polar surface area (TPSA) is 28.5 Å². The lowest BCUT2D eigenvalue weighted by atomic mass is 10.2. The second-order valence-electron chi connectivity index (χ2n) is 6.23. The van der Waals surface area contributed by atoms with E-state index in [-0.39, 0.29) is 31.4 Å². The maximum absolute atomic E-state index is 12.5. The average molecular weight is 410 g/mol. The number of aromatic nitrogens is 1. The van der Waals surface area contributed by atoms with E-state index in [1.165, 1.54) is 0 Å². The van der Waals surface area contributed by atoms with Gasteiger partial charge in [0.1, 0.15) is 6.54 Å². The van der Waals surface area contributed by atoms with Gasteiger partial charge in [-0.05, 0) is 24.3 Å². The molecule has 4 nitrogen and oxygen atoms in total. The van der Waals surface area contributed by atoms with Crippen molar-refractivity contribution >= 4 is 40.8 Å². The average Bonchev–Trinajstić information content (AvgIpc) is 2.94. The van der Waals surface area contributed by atoms with Gasteiger partial charge in [0.15, 0.2) is 0 Å². The summed E-state index contributed by atoms with van der Waals surface area (Å²) in [4.78, 5) is 15.9. The van der Waals surface area contributed by atoms with Gasteiger partial charge >= 0.3 is 6.18 Å². The quantitative estimate of drug-likeness (QED) is 0.767. The molecule has 1 aliphatic rings. The number of nitrogens with zero attached hydrogens (tertiary/aromatic N) is 3. The minimum absolute atomic E-state index is 0. The summed E-state index contributed by atoms with van der Waals surface area (Å²) < 4.78 is 38.7. The van der Waals surface area contributed by atoms with E-state index in [9.17, 15) is 18.0 Å². The summed E-state index contributed by atoms with van der Waals surface area (Å²) >= 11 is 5.96. The normalized spacial score (nSPS) is 15.9. The molecule has 9 heteroatoms. The summed E-state index contributed by atoms with van der Waals surface area (Å²) in [7, 11) is 0. The van der Waals surface area contributed by atoms with Crippen LogP contribution in [0.5, 0.6) is 0 Å². The number of piperazine rings is 1. The van der Waals surface area contributed by atoms with Crippen LogP contribution in [0.25, 0.3) is 10.9 Å². The van der Waals surface area contributed by atoms with Crippen LogP contribution in [-0.4, -0.2) is 59.2 Å². The Hall–Kier alpha value is -1.44. The number of fused-ring (bicyclic) bond motifs is 1. The smallest absolute Gasteiger partial charge is 0.339 e. The zero-order chi connectivity index (χ0) is 18.0. The molecule has 3 rings (SSSR count). The fourth-order valence-electron chi connectivity index (χ4n) is 3.06. The molecule has 0 saturated carbocycles. The minimum Gasteiger partial charge on any atom is -0.339 e. The summed E-state index contributed by atoms with van der Waals surface area (Å²) in [6.07, 6.45) is -3.09. The second kappa shape index (κ2) is 8.50. The van der Waals surface area contributed by atoms with E-state index in [4.69, 9.17) is 11.6 Å². The van der Waals surface area contributed by atoms with Crippen LogP contribution in [0, 0.1) is 0 Å². The highest BCUT2D eigenvalue weighted by Gasteiger charge is 2.29. The third-order valence-electron chi connectivity index (χ3n) is 4.48. The van der Waals surface area contributed by atoms with E-state index in [1.807, 2.05) is 29.0 Å². The SMILES string of the molecule is Cl.O=C(Cn1ccc2cc(Cl)ccc21)N1CCN(CCC(F)(F)F)CC1. The Balaban J connectivity index is 0.00000243. The monoisotopic (exact) mass is 409 g/mol. The lowest BCUT2D eigenvalue weighted by Gasteiger charge is -2.35. The lowest BCUT2D eigenvalue weighted by molar-refractivity contribution is -0.141. The Morgan fingerprint density at radius 2 is 1.81 bits per heavy atom. The molecule has 0 radical (unpaired) electrons. The number of alkyl halides is 3. The summed E-state index contributed by atoms with van der Waals surface area (Å²) in [5.41, 5.74) is 0.932. The van der Waals surface area contributed by atoms with Crippen molar-refractivity contribution < 1.29 is 18.0 Å². The Morgan fingerprint density at radius 3 is 2.46 bits per heavy atom. The highest BCUT2D eigenvalue weighted by Crippen LogP contribution is 2.21. The van der Waals surface area contributed by atoms with Crippen molar-refractivity contribution in [3.05, 3.63) is 35.5 Å². The summed E-state index contributed by atoms with van der Waals surface area (Å²) in [5, 5.41) is 1.61. The first-order valence-corrected chi connectivity index (χ1v) is 8.51. The molecule has 1 aromatic carbocycles. The first-order valence-electron chi connectivity index (χ1n) is 8.13. The molecule has 144 valence electrons. The fraction of sp³-hybridized carbons (Fsp3) is 0.471. The number of rotatable bonds is 4. The molecule has 0 bridgehead atoms. The van der Waals surface area contributed by atoms with Crippen molar-refractivity contribution in [3.63, 3.8) is 0 Å². The third-order valence-corrected chi connectivity index (χ3v) is 4.71. The predicted molar refractivity (Wildman–Crippen MR) is 97.9 cm³/mol. The van der Waals surface area contributed by atoms with E-state index in [1.54, 1.807) is 15.9 Å². The van der Waals surface area contributed by atoms with Gasteiger partial charge in [-0.25, -0.2) is 0 Å². The number of hydrogen-bond donors (Lipinski definition) is 0. The molecule has 1 amide bonds. The predicted octanol–water partition coefficient (Wildman–Crippen LogP) is 3.81. The molecule has 1 aromatic heterocycles. The fourth-order valence-corrected chi connectivity index (χ4v) is 3.24. The first-order chi connectivity index (χ1) is 11.8. The van der Waals surface area contributed by atoms with Gasteiger partial charge in [-0.2, -0.15) is 13.2 Å². The number of benzene rings is 1. The standard InChI is InChI=1S/C17H19ClF3N3O.ClH/c18-14-1-2-15-13(11-14)3-5-24(15)12-16(25)23-9-7-22(8-10-23)6-4-17(19,20)21;/h1-3,5,11H,4,6-10,12H2;1H. The molecule has 0 unspecified atom stereocenters. The van der Waals surface area contributed by atoms with Crippen LogP contribution in [0.15, 0.2) is 30.5 Å². The van der Waals surface area contributed by atoms with Crippen LogP contribution in [0.4, 0.5) is 13.2 Å². The van der Waals surface area contributed by atoms with E-state index in [0.717, 1.165) is 10.9 Å². The molecule has 2 aromatic rings. The molecular formula is C17H20Cl2F3N3O. The summed E-state index contributed by atoms with van der Waals surface area (Å²) in [5.74, 6) is -0.0251. The molecule has 1 saturated heterocycles. The Bertz CT molecular complexity index is 755. The molecule has 0 atom stereocenters. The molecule has 0 N–H and O–H groups in total. The molecular weight excluding hydrogens is 390 g/mol. The van der Waals surface area contributed by atoms with Crippen LogP contribution in [-0.2, 0) is 11.3 Å². The molecule has 0 spiro atoms. The van der Waals surface area contributed by atoms with Gasteiger partial charge in [0.25, 0.3) is 0 Å². The Kier molecular flexibility index (Phi) is 6.82. The first kappa shape index (κ1) is 20.9. The van der Waals surface area contributed by atoms with Crippen LogP contribution < -0.4 is 0 Å². The molecule has 2 heterocycles. The minimum atomic E-state index is -4.13. The van der Waals surface area contributed by atoms with Gasteiger partial charge in [0.05, 0.1) is 6.42 Å². The van der Waals surface area contributed by atoms with Gasteiger partial charge in [0, 0.05) is 54.8 Å². The van der Waals surface area contributed by atoms with Gasteiger partial charge in [0.2, 0.25) is 5.91 Å². The zero-order valence-corrected chi connectivity index (χ0v) is 15.6. The third kappa shape index (κ3) is 5.28. The lowest BCUT2D eigenvalue weighted by Crippen LogP contribution is -2.50. The summed E-state index contributed by atoms with van der Waals surface area (Å²) in [6.45, 7) is 2.08. The van der Waals surface area contributed by atoms with Gasteiger partial charge < -0.3 is 9.47 Å². The maximum atomic E-state index is 12.5. The number of hydrogen-bond acceptors (Lipinski definition) is 2. The van der Waals surface area contributed by atoms with Crippen molar-refractivity contribution in [2.75, 3.05) is 32.7 Å². The van der Waals surface area contributed by atoms with E-state index in [2.05, 4.69) is 0 Å². The molecule has 1 aliphatic heterocycles. The van der Waals surface area contributed by atoms with Gasteiger partial charge in [-0.3, -0.25) is 9.69 Å². The van der Waals surface area contributed by atoms with E-state index >= 15 is 0 Å². The molecule has 1 fully saturated rings. The highest BCUT2D eigenvalue weighted by molar-refractivity contribution is 6.31. The van der Waals surface area contributed by atoms with E-state index in [0.29, 0.717) is 31.2 Å². The summed E-state index contributed by atoms with van der Waals surface area (Å²) in [6, 6.07) is 7.41. The highest BCUT2D eigenvalue weighted by atomic mass is 35.5. The number of amides is 1. The van der Waals surface area contributed by atoms with Gasteiger partial charge in [-0.15, -0.1) is 12.4 Å². The largest absolute Gasteiger partial charge is 0.390 e. The van der Waals surface area contributed by atoms with Gasteiger partial charge in [-0.1, -0.05) is 11.6 Å². The number of carbonyl (C=O) groups excluding carboxylic acids is 1. The van der Waals surface area contributed by atoms with Crippen molar-refractivity contribution in [1.29, 1.82) is 0 Å². The van der Waals surface area contributed by atoms with Crippen molar-refractivity contribution in [2.45, 2.75) is 19.1 Å². The zero-order valence-electron chi connectivity index (χ0n) is 14.0. The maximum Gasteiger partial charge on any atom is 0.390 e. The van der Waals surface area contributed by atoms with Crippen LogP contribution in [0.1, 0.15) is 6.42 Å². The Morgan fingerprint density at radius 1 is 1.12 bits per heavy atom. The van der Waals surface area contributed by atoms with Crippen molar-refractivity contribution in [2.24, 2.45) is 0 Å².